The fourth-order valence-corrected chi connectivity index (χ4v) is 3.18. The van der Waals surface area contributed by atoms with Gasteiger partial charge in [-0.1, -0.05) is 103 Å². The number of unbranched alkanes of at least 4 members (excludes halogenated alkanes) is 12. The quantitative estimate of drug-likeness (QED) is 0.0763. The Morgan fingerprint density at radius 3 is 1.15 bits per heavy atom. The first-order valence-corrected chi connectivity index (χ1v) is 13.4. The van der Waals surface area contributed by atoms with Gasteiger partial charge >= 0.3 is 11.9 Å². The molecule has 0 heterocycles. The average molecular weight is 483 g/mol. The molecule has 0 aromatic carbocycles. The molecular formula is C28H50O6. The Bertz CT molecular complexity index is 550. The molecule has 6 nitrogen and oxygen atoms in total. The standard InChI is InChI=1S/C28H50O6/c1-7-9-11-13-15-17-19-21-25(29)31-33-27(3,4)23-24-28(5,6)34-32-26(30)22-20-18-16-14-12-10-8-2/h7-22H2,1-6H3. The molecule has 34 heavy (non-hydrogen) atoms. The van der Waals surface area contributed by atoms with Crippen LogP contribution in [0.1, 0.15) is 144 Å². The molecule has 0 saturated carbocycles. The molecule has 0 unspecified atom stereocenters. The predicted molar refractivity (Wildman–Crippen MR) is 136 cm³/mol. The van der Waals surface area contributed by atoms with Crippen LogP contribution < -0.4 is 0 Å². The van der Waals surface area contributed by atoms with E-state index in [4.69, 9.17) is 19.6 Å². The molecule has 0 aromatic rings. The van der Waals surface area contributed by atoms with Gasteiger partial charge in [-0.25, -0.2) is 9.59 Å². The van der Waals surface area contributed by atoms with Crippen molar-refractivity contribution in [3.05, 3.63) is 0 Å². The van der Waals surface area contributed by atoms with E-state index in [-0.39, 0.29) is 0 Å². The SMILES string of the molecule is CCCCCCCCCC(=O)OOC(C)(C)C#CC(C)(C)OOC(=O)CCCCCCCCC. The van der Waals surface area contributed by atoms with Crippen LogP contribution in [0.5, 0.6) is 0 Å². The molecule has 0 aliphatic rings. The summed E-state index contributed by atoms with van der Waals surface area (Å²) in [7, 11) is 0. The fourth-order valence-electron chi connectivity index (χ4n) is 3.18. The number of hydrogen-bond donors (Lipinski definition) is 0. The van der Waals surface area contributed by atoms with Crippen LogP contribution in [0.25, 0.3) is 0 Å². The van der Waals surface area contributed by atoms with Crippen molar-refractivity contribution in [3.63, 3.8) is 0 Å². The molecule has 198 valence electrons. The molecule has 0 atom stereocenters. The van der Waals surface area contributed by atoms with E-state index in [1.807, 2.05) is 0 Å². The van der Waals surface area contributed by atoms with Gasteiger partial charge in [0.15, 0.2) is 11.2 Å². The molecule has 0 aliphatic carbocycles. The van der Waals surface area contributed by atoms with E-state index in [0.717, 1.165) is 38.5 Å². The van der Waals surface area contributed by atoms with Crippen LogP contribution in [0.3, 0.4) is 0 Å². The minimum Gasteiger partial charge on any atom is -0.297 e. The zero-order valence-electron chi connectivity index (χ0n) is 22.8. The van der Waals surface area contributed by atoms with Crippen molar-refractivity contribution in [2.75, 3.05) is 0 Å². The third kappa shape index (κ3) is 21.0. The molecular weight excluding hydrogens is 432 g/mol. The lowest BCUT2D eigenvalue weighted by Gasteiger charge is -2.19. The number of rotatable bonds is 20. The second-order valence-corrected chi connectivity index (χ2v) is 10.1. The zero-order chi connectivity index (χ0) is 25.7. The van der Waals surface area contributed by atoms with Gasteiger partial charge in [-0.15, -0.1) is 0 Å². The van der Waals surface area contributed by atoms with Crippen molar-refractivity contribution in [2.24, 2.45) is 0 Å². The lowest BCUT2D eigenvalue weighted by Crippen LogP contribution is -2.28. The maximum Gasteiger partial charge on any atom is 0.342 e. The van der Waals surface area contributed by atoms with E-state index < -0.39 is 23.1 Å². The third-order valence-corrected chi connectivity index (χ3v) is 5.32. The first-order valence-electron chi connectivity index (χ1n) is 13.4. The number of carbonyl (C=O) groups is 2. The van der Waals surface area contributed by atoms with Crippen molar-refractivity contribution in [1.29, 1.82) is 0 Å². The van der Waals surface area contributed by atoms with Crippen LogP contribution in [0.2, 0.25) is 0 Å². The highest BCUT2D eigenvalue weighted by Crippen LogP contribution is 2.15. The summed E-state index contributed by atoms with van der Waals surface area (Å²) < 4.78 is 0. The predicted octanol–water partition coefficient (Wildman–Crippen LogP) is 7.78. The van der Waals surface area contributed by atoms with Crippen molar-refractivity contribution in [1.82, 2.24) is 0 Å². The molecule has 0 aliphatic heterocycles. The van der Waals surface area contributed by atoms with Gasteiger partial charge in [0.25, 0.3) is 0 Å². The molecule has 0 bridgehead atoms. The fraction of sp³-hybridized carbons (Fsp3) is 0.857. The van der Waals surface area contributed by atoms with E-state index in [2.05, 4.69) is 25.7 Å². The van der Waals surface area contributed by atoms with Gasteiger partial charge in [0, 0.05) is 12.8 Å². The second kappa shape index (κ2) is 19.7. The van der Waals surface area contributed by atoms with Gasteiger partial charge in [-0.3, -0.25) is 9.78 Å². The van der Waals surface area contributed by atoms with E-state index >= 15 is 0 Å². The summed E-state index contributed by atoms with van der Waals surface area (Å²) in [5, 5.41) is 0. The Hall–Kier alpha value is -1.58. The summed E-state index contributed by atoms with van der Waals surface area (Å²) in [6.45, 7) is 11.2. The van der Waals surface area contributed by atoms with Crippen molar-refractivity contribution in [3.8, 4) is 11.8 Å². The Balaban J connectivity index is 4.10. The highest BCUT2D eigenvalue weighted by Gasteiger charge is 2.24. The summed E-state index contributed by atoms with van der Waals surface area (Å²) in [5.41, 5.74) is -2.03. The highest BCUT2D eigenvalue weighted by atomic mass is 17.2. The van der Waals surface area contributed by atoms with Gasteiger partial charge in [-0.05, 0) is 40.5 Å². The van der Waals surface area contributed by atoms with E-state index in [0.29, 0.717) is 12.8 Å². The average Bonchev–Trinajstić information content (AvgIpc) is 2.79. The molecule has 6 heteroatoms. The topological polar surface area (TPSA) is 71.1 Å². The minimum absolute atomic E-state index is 0.334. The molecule has 0 radical (unpaired) electrons. The van der Waals surface area contributed by atoms with Crippen LogP contribution in [0, 0.1) is 11.8 Å². The summed E-state index contributed by atoms with van der Waals surface area (Å²) >= 11 is 0. The van der Waals surface area contributed by atoms with Crippen LogP contribution in [-0.2, 0) is 29.1 Å². The van der Waals surface area contributed by atoms with Gasteiger partial charge in [0.2, 0.25) is 0 Å². The first kappa shape index (κ1) is 32.4. The summed E-state index contributed by atoms with van der Waals surface area (Å²) in [6.07, 6.45) is 16.5. The van der Waals surface area contributed by atoms with Crippen LogP contribution >= 0.6 is 0 Å². The molecule has 0 amide bonds. The van der Waals surface area contributed by atoms with Gasteiger partial charge in [-0.2, -0.15) is 9.78 Å². The Kier molecular flexibility index (Phi) is 18.8. The maximum absolute atomic E-state index is 11.9. The van der Waals surface area contributed by atoms with Crippen LogP contribution in [0.4, 0.5) is 0 Å². The van der Waals surface area contributed by atoms with E-state index in [9.17, 15) is 9.59 Å². The van der Waals surface area contributed by atoms with Crippen molar-refractivity contribution >= 4 is 11.9 Å². The Morgan fingerprint density at radius 2 is 0.824 bits per heavy atom. The van der Waals surface area contributed by atoms with Gasteiger partial charge < -0.3 is 0 Å². The molecule has 0 N–H and O–H groups in total. The van der Waals surface area contributed by atoms with Crippen LogP contribution in [0.15, 0.2) is 0 Å². The number of hydrogen-bond acceptors (Lipinski definition) is 6. The molecule has 0 rings (SSSR count). The molecule has 0 spiro atoms. The third-order valence-electron chi connectivity index (χ3n) is 5.32. The van der Waals surface area contributed by atoms with E-state index in [1.54, 1.807) is 27.7 Å². The highest BCUT2D eigenvalue weighted by molar-refractivity contribution is 5.68. The monoisotopic (exact) mass is 482 g/mol. The first-order chi connectivity index (χ1) is 16.1. The second-order valence-electron chi connectivity index (χ2n) is 10.1. The summed E-state index contributed by atoms with van der Waals surface area (Å²) in [5.74, 6) is 4.99. The smallest absolute Gasteiger partial charge is 0.297 e. The molecule has 0 fully saturated rings. The Labute approximate surface area is 208 Å². The maximum atomic E-state index is 11.9. The van der Waals surface area contributed by atoms with Crippen molar-refractivity contribution in [2.45, 2.75) is 155 Å². The van der Waals surface area contributed by atoms with Gasteiger partial charge in [0.05, 0.1) is 0 Å². The largest absolute Gasteiger partial charge is 0.342 e. The summed E-state index contributed by atoms with van der Waals surface area (Å²) in [4.78, 5) is 44.1. The number of carbonyl (C=O) groups excluding carboxylic acids is 2. The van der Waals surface area contributed by atoms with Gasteiger partial charge in [0.1, 0.15) is 0 Å². The van der Waals surface area contributed by atoms with Crippen LogP contribution in [-0.4, -0.2) is 23.1 Å². The molecule has 0 aromatic heterocycles. The lowest BCUT2D eigenvalue weighted by atomic mass is 10.1. The summed E-state index contributed by atoms with van der Waals surface area (Å²) in [6, 6.07) is 0. The zero-order valence-corrected chi connectivity index (χ0v) is 22.8. The van der Waals surface area contributed by atoms with Crippen molar-refractivity contribution < 1.29 is 29.1 Å². The Morgan fingerprint density at radius 1 is 0.529 bits per heavy atom. The molecule has 0 saturated heterocycles. The van der Waals surface area contributed by atoms with E-state index in [1.165, 1.54) is 51.4 Å². The lowest BCUT2D eigenvalue weighted by molar-refractivity contribution is -0.313. The minimum atomic E-state index is -1.02. The normalized spacial score (nSPS) is 11.6.